The Hall–Kier alpha value is -2.16. The second kappa shape index (κ2) is 4.57. The van der Waals surface area contributed by atoms with Gasteiger partial charge in [0.15, 0.2) is 5.82 Å². The molecule has 16 heavy (non-hydrogen) atoms. The highest BCUT2D eigenvalue weighted by Crippen LogP contribution is 2.17. The van der Waals surface area contributed by atoms with Crippen LogP contribution in [0.5, 0.6) is 0 Å². The van der Waals surface area contributed by atoms with Crippen LogP contribution in [0, 0.1) is 0 Å². The first-order valence-electron chi connectivity index (χ1n) is 5.11. The molecular weight excluding hydrogens is 198 g/mol. The number of fused-ring (bicyclic) bond motifs is 1. The summed E-state index contributed by atoms with van der Waals surface area (Å²) < 4.78 is 0. The van der Waals surface area contributed by atoms with E-state index in [4.69, 9.17) is 0 Å². The maximum Gasteiger partial charge on any atom is 0.156 e. The predicted octanol–water partition coefficient (Wildman–Crippen LogP) is 3.18. The average molecular weight is 211 g/mol. The summed E-state index contributed by atoms with van der Waals surface area (Å²) in [6, 6.07) is 7.91. The van der Waals surface area contributed by atoms with Gasteiger partial charge in [0.05, 0.1) is 11.0 Å². The first-order chi connectivity index (χ1) is 7.85. The van der Waals surface area contributed by atoms with Gasteiger partial charge in [0, 0.05) is 6.21 Å². The molecule has 0 fully saturated rings. The lowest BCUT2D eigenvalue weighted by Gasteiger charge is -1.93. The lowest BCUT2D eigenvalue weighted by Crippen LogP contribution is -1.83. The molecule has 0 amide bonds. The molecule has 0 atom stereocenters. The van der Waals surface area contributed by atoms with Crippen LogP contribution in [-0.2, 0) is 0 Å². The van der Waals surface area contributed by atoms with E-state index >= 15 is 0 Å². The molecule has 1 N–H and O–H groups in total. The standard InChI is InChI=1S/C13H13N3/c1-3-9-14-10(4-2)13-15-11-7-5-6-8-12(11)16-13/h3-9H,1H2,2H3,(H,15,16)/b10-4-,14-9-. The Balaban J connectivity index is 2.46. The van der Waals surface area contributed by atoms with Crippen molar-refractivity contribution in [1.82, 2.24) is 9.97 Å². The zero-order chi connectivity index (χ0) is 11.4. The third-order valence-corrected chi connectivity index (χ3v) is 2.22. The molecule has 0 aliphatic heterocycles. The second-order valence-electron chi connectivity index (χ2n) is 3.29. The third kappa shape index (κ3) is 1.93. The van der Waals surface area contributed by atoms with Crippen molar-refractivity contribution in [2.45, 2.75) is 6.92 Å². The van der Waals surface area contributed by atoms with E-state index in [0.717, 1.165) is 22.6 Å². The summed E-state index contributed by atoms with van der Waals surface area (Å²) >= 11 is 0. The molecule has 0 saturated carbocycles. The molecule has 0 radical (unpaired) electrons. The van der Waals surface area contributed by atoms with Gasteiger partial charge in [-0.3, -0.25) is 4.99 Å². The number of aromatic nitrogens is 2. The number of allylic oxidation sites excluding steroid dienone is 2. The van der Waals surface area contributed by atoms with E-state index in [1.54, 1.807) is 12.3 Å². The van der Waals surface area contributed by atoms with Crippen molar-refractivity contribution < 1.29 is 0 Å². The van der Waals surface area contributed by atoms with Gasteiger partial charge in [-0.05, 0) is 19.1 Å². The van der Waals surface area contributed by atoms with Gasteiger partial charge < -0.3 is 4.98 Å². The van der Waals surface area contributed by atoms with Gasteiger partial charge in [0.2, 0.25) is 0 Å². The molecule has 0 unspecified atom stereocenters. The molecule has 2 rings (SSSR count). The van der Waals surface area contributed by atoms with Crippen LogP contribution in [0.4, 0.5) is 0 Å². The number of nitrogens with one attached hydrogen (secondary N) is 1. The van der Waals surface area contributed by atoms with E-state index in [9.17, 15) is 0 Å². The Bertz CT molecular complexity index is 528. The fraction of sp³-hybridized carbons (Fsp3) is 0.0769. The van der Waals surface area contributed by atoms with E-state index in [1.807, 2.05) is 37.3 Å². The molecular formula is C13H13N3. The molecule has 1 aromatic heterocycles. The molecule has 1 aromatic carbocycles. The van der Waals surface area contributed by atoms with Crippen LogP contribution in [-0.4, -0.2) is 16.2 Å². The zero-order valence-electron chi connectivity index (χ0n) is 9.14. The molecule has 3 nitrogen and oxygen atoms in total. The van der Waals surface area contributed by atoms with Crippen molar-refractivity contribution in [3.8, 4) is 0 Å². The number of hydrogen-bond donors (Lipinski definition) is 1. The van der Waals surface area contributed by atoms with Gasteiger partial charge in [0.25, 0.3) is 0 Å². The number of para-hydroxylation sites is 2. The second-order valence-corrected chi connectivity index (χ2v) is 3.29. The third-order valence-electron chi connectivity index (χ3n) is 2.22. The molecule has 0 aliphatic rings. The van der Waals surface area contributed by atoms with Crippen molar-refractivity contribution in [2.24, 2.45) is 4.99 Å². The number of imidazole rings is 1. The topological polar surface area (TPSA) is 41.0 Å². The monoisotopic (exact) mass is 211 g/mol. The normalized spacial score (nSPS) is 12.4. The van der Waals surface area contributed by atoms with Gasteiger partial charge in [0.1, 0.15) is 5.70 Å². The van der Waals surface area contributed by atoms with E-state index < -0.39 is 0 Å². The first-order valence-corrected chi connectivity index (χ1v) is 5.11. The molecule has 0 spiro atoms. The van der Waals surface area contributed by atoms with E-state index in [1.165, 1.54) is 0 Å². The summed E-state index contributed by atoms with van der Waals surface area (Å²) in [6.45, 7) is 5.53. The smallest absolute Gasteiger partial charge is 0.156 e. The Kier molecular flexibility index (Phi) is 2.96. The Morgan fingerprint density at radius 3 is 2.94 bits per heavy atom. The van der Waals surface area contributed by atoms with Crippen LogP contribution in [0.3, 0.4) is 0 Å². The van der Waals surface area contributed by atoms with E-state index in [2.05, 4.69) is 21.5 Å². The SMILES string of the molecule is C=C/C=N\C(=C/C)c1nc2ccccc2[nH]1. The maximum absolute atomic E-state index is 4.46. The lowest BCUT2D eigenvalue weighted by atomic mass is 10.3. The molecule has 2 aromatic rings. The average Bonchev–Trinajstić information content (AvgIpc) is 2.73. The van der Waals surface area contributed by atoms with E-state index in [0.29, 0.717) is 0 Å². The molecule has 1 heterocycles. The summed E-state index contributed by atoms with van der Waals surface area (Å²) in [5, 5.41) is 0. The van der Waals surface area contributed by atoms with Crippen LogP contribution >= 0.6 is 0 Å². The summed E-state index contributed by atoms with van der Waals surface area (Å²) in [5.74, 6) is 0.779. The summed E-state index contributed by atoms with van der Waals surface area (Å²) in [4.78, 5) is 11.9. The minimum Gasteiger partial charge on any atom is -0.337 e. The Morgan fingerprint density at radius 1 is 1.44 bits per heavy atom. The minimum absolute atomic E-state index is 0.779. The van der Waals surface area contributed by atoms with Crippen molar-refractivity contribution >= 4 is 22.9 Å². The number of benzene rings is 1. The number of aliphatic imine (C=N–C) groups is 1. The Labute approximate surface area is 94.2 Å². The number of rotatable bonds is 3. The van der Waals surface area contributed by atoms with Gasteiger partial charge >= 0.3 is 0 Å². The molecule has 0 aliphatic carbocycles. The lowest BCUT2D eigenvalue weighted by molar-refractivity contribution is 1.24. The predicted molar refractivity (Wildman–Crippen MR) is 68.4 cm³/mol. The number of hydrogen-bond acceptors (Lipinski definition) is 2. The largest absolute Gasteiger partial charge is 0.337 e. The number of aromatic amines is 1. The highest BCUT2D eigenvalue weighted by molar-refractivity contribution is 5.82. The van der Waals surface area contributed by atoms with Crippen molar-refractivity contribution in [2.75, 3.05) is 0 Å². The van der Waals surface area contributed by atoms with Crippen molar-refractivity contribution in [3.05, 3.63) is 48.8 Å². The van der Waals surface area contributed by atoms with Crippen molar-refractivity contribution in [1.29, 1.82) is 0 Å². The first kappa shape index (κ1) is 10.4. The van der Waals surface area contributed by atoms with Crippen molar-refractivity contribution in [3.63, 3.8) is 0 Å². The molecule has 80 valence electrons. The number of H-pyrrole nitrogens is 1. The zero-order valence-corrected chi connectivity index (χ0v) is 9.14. The van der Waals surface area contributed by atoms with E-state index in [-0.39, 0.29) is 0 Å². The van der Waals surface area contributed by atoms with Crippen LogP contribution in [0.15, 0.2) is 48.0 Å². The highest BCUT2D eigenvalue weighted by atomic mass is 15.0. The fourth-order valence-electron chi connectivity index (χ4n) is 1.48. The summed E-state index contributed by atoms with van der Waals surface area (Å²) in [5.41, 5.74) is 2.78. The van der Waals surface area contributed by atoms with Gasteiger partial charge in [-0.1, -0.05) is 30.9 Å². The minimum atomic E-state index is 0.779. The summed E-state index contributed by atoms with van der Waals surface area (Å²) in [6.07, 6.45) is 5.21. The molecule has 3 heteroatoms. The molecule has 0 bridgehead atoms. The van der Waals surface area contributed by atoms with Crippen LogP contribution < -0.4 is 0 Å². The summed E-state index contributed by atoms with van der Waals surface area (Å²) in [7, 11) is 0. The number of nitrogens with zero attached hydrogens (tertiary/aromatic N) is 2. The fourth-order valence-corrected chi connectivity index (χ4v) is 1.48. The Morgan fingerprint density at radius 2 is 2.25 bits per heavy atom. The van der Waals surface area contributed by atoms with Gasteiger partial charge in [-0.25, -0.2) is 4.98 Å². The molecule has 0 saturated heterocycles. The maximum atomic E-state index is 4.46. The van der Waals surface area contributed by atoms with Gasteiger partial charge in [-0.15, -0.1) is 0 Å². The van der Waals surface area contributed by atoms with Gasteiger partial charge in [-0.2, -0.15) is 0 Å². The van der Waals surface area contributed by atoms with Crippen LogP contribution in [0.25, 0.3) is 16.7 Å². The van der Waals surface area contributed by atoms with Crippen LogP contribution in [0.2, 0.25) is 0 Å². The quantitative estimate of drug-likeness (QED) is 0.778. The van der Waals surface area contributed by atoms with Crippen LogP contribution in [0.1, 0.15) is 12.7 Å². The highest BCUT2D eigenvalue weighted by Gasteiger charge is 2.04.